The summed E-state index contributed by atoms with van der Waals surface area (Å²) in [6.45, 7) is 6.69. The molecule has 0 amide bonds. The first-order valence-corrected chi connectivity index (χ1v) is 9.28. The summed E-state index contributed by atoms with van der Waals surface area (Å²) in [5.41, 5.74) is -0.818. The lowest BCUT2D eigenvalue weighted by molar-refractivity contribution is -0.140. The molecule has 1 aromatic heterocycles. The van der Waals surface area contributed by atoms with Crippen LogP contribution < -0.4 is 10.6 Å². The van der Waals surface area contributed by atoms with E-state index in [9.17, 15) is 13.2 Å². The van der Waals surface area contributed by atoms with E-state index < -0.39 is 11.9 Å². The Morgan fingerprint density at radius 1 is 1.28 bits per heavy atom. The molecule has 144 valence electrons. The van der Waals surface area contributed by atoms with Crippen LogP contribution in [0, 0.1) is 0 Å². The molecule has 0 saturated carbocycles. The van der Waals surface area contributed by atoms with Crippen molar-refractivity contribution in [3.05, 3.63) is 16.1 Å². The minimum absolute atomic E-state index is 0.431. The molecule has 0 unspecified atom stereocenters. The summed E-state index contributed by atoms with van der Waals surface area (Å²) in [5, 5.41) is 7.83. The first-order valence-electron chi connectivity index (χ1n) is 8.40. The molecule has 25 heavy (non-hydrogen) atoms. The Kier molecular flexibility index (Phi) is 9.20. The summed E-state index contributed by atoms with van der Waals surface area (Å²) in [6.07, 6.45) is -1.82. The van der Waals surface area contributed by atoms with Crippen LogP contribution in [-0.4, -0.2) is 55.6 Å². The number of rotatable bonds is 9. The molecule has 5 nitrogen and oxygen atoms in total. The Labute approximate surface area is 151 Å². The summed E-state index contributed by atoms with van der Waals surface area (Å²) < 4.78 is 37.5. The summed E-state index contributed by atoms with van der Waals surface area (Å²) >= 11 is 1.03. The lowest BCUT2D eigenvalue weighted by Gasteiger charge is -2.20. The van der Waals surface area contributed by atoms with Crippen LogP contribution in [-0.2, 0) is 12.6 Å². The van der Waals surface area contributed by atoms with E-state index in [1.165, 1.54) is 0 Å². The average molecular weight is 379 g/mol. The normalized spacial score (nSPS) is 12.9. The zero-order chi connectivity index (χ0) is 18.9. The second kappa shape index (κ2) is 10.6. The van der Waals surface area contributed by atoms with Crippen molar-refractivity contribution < 1.29 is 13.2 Å². The lowest BCUT2D eigenvalue weighted by Crippen LogP contribution is -2.39. The predicted octanol–water partition coefficient (Wildman–Crippen LogP) is 2.99. The number of nitrogens with zero attached hydrogens (tertiary/aromatic N) is 3. The molecule has 1 rings (SSSR count). The monoisotopic (exact) mass is 379 g/mol. The lowest BCUT2D eigenvalue weighted by atomic mass is 10.2. The highest BCUT2D eigenvalue weighted by Crippen LogP contribution is 2.29. The van der Waals surface area contributed by atoms with Gasteiger partial charge in [-0.1, -0.05) is 0 Å². The smallest absolute Gasteiger partial charge is 0.356 e. The first kappa shape index (κ1) is 21.7. The van der Waals surface area contributed by atoms with Crippen molar-refractivity contribution in [2.45, 2.75) is 45.3 Å². The van der Waals surface area contributed by atoms with E-state index in [1.54, 1.807) is 7.05 Å². The Morgan fingerprint density at radius 3 is 2.52 bits per heavy atom. The zero-order valence-corrected chi connectivity index (χ0v) is 16.1. The number of hydrogen-bond donors (Lipinski definition) is 2. The molecule has 0 atom stereocenters. The van der Waals surface area contributed by atoms with Crippen LogP contribution in [0.3, 0.4) is 0 Å². The fourth-order valence-corrected chi connectivity index (χ4v) is 2.82. The highest BCUT2D eigenvalue weighted by atomic mass is 32.1. The van der Waals surface area contributed by atoms with Gasteiger partial charge in [0.25, 0.3) is 0 Å². The summed E-state index contributed by atoms with van der Waals surface area (Å²) in [7, 11) is 3.79. The third-order valence-corrected chi connectivity index (χ3v) is 4.72. The van der Waals surface area contributed by atoms with Crippen molar-refractivity contribution in [2.24, 2.45) is 4.99 Å². The minimum Gasteiger partial charge on any atom is -0.356 e. The van der Waals surface area contributed by atoms with Crippen LogP contribution in [0.1, 0.15) is 37.4 Å². The minimum atomic E-state index is -4.37. The molecule has 1 aromatic rings. The average Bonchev–Trinajstić information content (AvgIpc) is 3.01. The van der Waals surface area contributed by atoms with E-state index in [0.29, 0.717) is 30.0 Å². The molecule has 0 fully saturated rings. The molecular weight excluding hydrogens is 351 g/mol. The summed E-state index contributed by atoms with van der Waals surface area (Å²) in [6, 6.07) is 0.547. The molecule has 0 aliphatic heterocycles. The number of aromatic nitrogens is 1. The standard InChI is InChI=1S/C16H28F3N5S/c1-12(2)24(4)10-6-5-8-21-15(20-3)22-9-7-14-23-13(11-25-14)16(17,18)19/h11-12H,5-10H2,1-4H3,(H2,20,21,22). The number of halogens is 3. The van der Waals surface area contributed by atoms with Gasteiger partial charge >= 0.3 is 6.18 Å². The van der Waals surface area contributed by atoms with Gasteiger partial charge in [-0.05, 0) is 40.3 Å². The molecule has 0 radical (unpaired) electrons. The van der Waals surface area contributed by atoms with Crippen LogP contribution >= 0.6 is 11.3 Å². The van der Waals surface area contributed by atoms with Crippen LogP contribution in [0.5, 0.6) is 0 Å². The highest BCUT2D eigenvalue weighted by molar-refractivity contribution is 7.09. The van der Waals surface area contributed by atoms with Crippen LogP contribution in [0.15, 0.2) is 10.4 Å². The van der Waals surface area contributed by atoms with Gasteiger partial charge in [-0.3, -0.25) is 4.99 Å². The van der Waals surface area contributed by atoms with Crippen molar-refractivity contribution in [1.29, 1.82) is 0 Å². The molecule has 0 bridgehead atoms. The van der Waals surface area contributed by atoms with E-state index in [-0.39, 0.29) is 0 Å². The van der Waals surface area contributed by atoms with Crippen molar-refractivity contribution in [1.82, 2.24) is 20.5 Å². The van der Waals surface area contributed by atoms with Crippen molar-refractivity contribution in [3.8, 4) is 0 Å². The molecule has 0 saturated heterocycles. The molecular formula is C16H28F3N5S. The summed E-state index contributed by atoms with van der Waals surface area (Å²) in [5.74, 6) is 0.657. The van der Waals surface area contributed by atoms with Crippen LogP contribution in [0.2, 0.25) is 0 Å². The Hall–Kier alpha value is -1.35. The maximum absolute atomic E-state index is 12.5. The van der Waals surface area contributed by atoms with E-state index in [0.717, 1.165) is 42.6 Å². The number of hydrogen-bond acceptors (Lipinski definition) is 4. The number of thiazole rings is 1. The van der Waals surface area contributed by atoms with E-state index in [1.807, 2.05) is 0 Å². The first-order chi connectivity index (χ1) is 11.7. The molecule has 0 aliphatic carbocycles. The molecule has 2 N–H and O–H groups in total. The number of aliphatic imine (C=N–C) groups is 1. The Bertz CT molecular complexity index is 528. The fourth-order valence-electron chi connectivity index (χ4n) is 2.02. The number of guanidine groups is 1. The molecule has 0 aliphatic rings. The molecule has 1 heterocycles. The Balaban J connectivity index is 2.21. The van der Waals surface area contributed by atoms with Crippen molar-refractivity contribution in [3.63, 3.8) is 0 Å². The SMILES string of the molecule is CN=C(NCCCCN(C)C(C)C)NCCc1nc(C(F)(F)F)cs1. The topological polar surface area (TPSA) is 52.6 Å². The maximum atomic E-state index is 12.5. The van der Waals surface area contributed by atoms with Gasteiger partial charge in [0.15, 0.2) is 11.7 Å². The van der Waals surface area contributed by atoms with Crippen molar-refractivity contribution >= 4 is 17.3 Å². The van der Waals surface area contributed by atoms with E-state index in [4.69, 9.17) is 0 Å². The van der Waals surface area contributed by atoms with E-state index in [2.05, 4.69) is 46.4 Å². The van der Waals surface area contributed by atoms with Crippen LogP contribution in [0.4, 0.5) is 13.2 Å². The summed E-state index contributed by atoms with van der Waals surface area (Å²) in [4.78, 5) is 10.0. The third kappa shape index (κ3) is 8.53. The maximum Gasteiger partial charge on any atom is 0.434 e. The van der Waals surface area contributed by atoms with Gasteiger partial charge in [-0.15, -0.1) is 11.3 Å². The van der Waals surface area contributed by atoms with Crippen molar-refractivity contribution in [2.75, 3.05) is 33.7 Å². The van der Waals surface area contributed by atoms with Gasteiger partial charge in [-0.25, -0.2) is 4.98 Å². The largest absolute Gasteiger partial charge is 0.434 e. The van der Waals surface area contributed by atoms with Gasteiger partial charge in [0.05, 0.1) is 5.01 Å². The van der Waals surface area contributed by atoms with Gasteiger partial charge in [0.2, 0.25) is 0 Å². The second-order valence-corrected chi connectivity index (χ2v) is 7.02. The molecule has 0 aromatic carbocycles. The molecule has 0 spiro atoms. The number of alkyl halides is 3. The van der Waals surface area contributed by atoms with Gasteiger partial charge in [0, 0.05) is 38.0 Å². The second-order valence-electron chi connectivity index (χ2n) is 6.08. The quantitative estimate of drug-likeness (QED) is 0.393. The number of nitrogens with one attached hydrogen (secondary N) is 2. The zero-order valence-electron chi connectivity index (χ0n) is 15.3. The Morgan fingerprint density at radius 2 is 1.96 bits per heavy atom. The third-order valence-electron chi connectivity index (χ3n) is 3.81. The van der Waals surface area contributed by atoms with Gasteiger partial charge < -0.3 is 15.5 Å². The van der Waals surface area contributed by atoms with E-state index >= 15 is 0 Å². The van der Waals surface area contributed by atoms with Gasteiger partial charge in [-0.2, -0.15) is 13.2 Å². The van der Waals surface area contributed by atoms with Crippen LogP contribution in [0.25, 0.3) is 0 Å². The number of unbranched alkanes of at least 4 members (excludes halogenated alkanes) is 1. The molecule has 9 heteroatoms. The fraction of sp³-hybridized carbons (Fsp3) is 0.750. The van der Waals surface area contributed by atoms with Gasteiger partial charge in [0.1, 0.15) is 0 Å². The predicted molar refractivity (Wildman–Crippen MR) is 97.2 cm³/mol. The highest BCUT2D eigenvalue weighted by Gasteiger charge is 2.33.